The van der Waals surface area contributed by atoms with E-state index in [-0.39, 0.29) is 18.3 Å². The van der Waals surface area contributed by atoms with Crippen molar-refractivity contribution in [3.63, 3.8) is 0 Å². The summed E-state index contributed by atoms with van der Waals surface area (Å²) in [5.74, 6) is 0.336. The molecule has 0 radical (unpaired) electrons. The highest BCUT2D eigenvalue weighted by Crippen LogP contribution is 2.19. The van der Waals surface area contributed by atoms with E-state index in [0.717, 1.165) is 42.3 Å². The number of aromatic nitrogens is 1. The lowest BCUT2D eigenvalue weighted by atomic mass is 10.1. The molecule has 1 aromatic carbocycles. The number of aromatic amines is 1. The number of aliphatic imine (C=N–C) groups is 1. The molecule has 3 rings (SSSR count). The van der Waals surface area contributed by atoms with Gasteiger partial charge in [0.15, 0.2) is 5.96 Å². The molecule has 25 heavy (non-hydrogen) atoms. The van der Waals surface area contributed by atoms with Crippen molar-refractivity contribution < 1.29 is 9.18 Å². The van der Waals surface area contributed by atoms with Crippen LogP contribution in [0.15, 0.2) is 29.4 Å². The zero-order valence-corrected chi connectivity index (χ0v) is 14.4. The fraction of sp³-hybridized carbons (Fsp3) is 0.444. The Labute approximate surface area is 146 Å². The summed E-state index contributed by atoms with van der Waals surface area (Å²) >= 11 is 0. The molecule has 0 saturated heterocycles. The van der Waals surface area contributed by atoms with Crippen LogP contribution in [0.25, 0.3) is 10.9 Å². The van der Waals surface area contributed by atoms with E-state index < -0.39 is 0 Å². The predicted octanol–water partition coefficient (Wildman–Crippen LogP) is 1.68. The topological polar surface area (TPSA) is 81.3 Å². The molecule has 0 spiro atoms. The fourth-order valence-electron chi connectivity index (χ4n) is 2.67. The van der Waals surface area contributed by atoms with Crippen LogP contribution in [-0.4, -0.2) is 42.5 Å². The highest BCUT2D eigenvalue weighted by atomic mass is 19.1. The second-order valence-electron chi connectivity index (χ2n) is 6.22. The number of rotatable bonds is 7. The minimum atomic E-state index is -0.245. The van der Waals surface area contributed by atoms with Crippen LogP contribution in [0.1, 0.15) is 25.3 Å². The summed E-state index contributed by atoms with van der Waals surface area (Å²) in [4.78, 5) is 19.1. The summed E-state index contributed by atoms with van der Waals surface area (Å²) in [7, 11) is 0. The minimum absolute atomic E-state index is 0.0432. The molecular formula is C18H24FN5O. The van der Waals surface area contributed by atoms with Crippen LogP contribution in [0.5, 0.6) is 0 Å². The van der Waals surface area contributed by atoms with Gasteiger partial charge in [0, 0.05) is 36.2 Å². The number of fused-ring (bicyclic) bond motifs is 1. The van der Waals surface area contributed by atoms with Gasteiger partial charge in [-0.15, -0.1) is 0 Å². The van der Waals surface area contributed by atoms with Crippen molar-refractivity contribution in [2.24, 2.45) is 4.99 Å². The quantitative estimate of drug-likeness (QED) is 0.455. The van der Waals surface area contributed by atoms with E-state index in [4.69, 9.17) is 0 Å². The van der Waals surface area contributed by atoms with Gasteiger partial charge in [0.1, 0.15) is 12.4 Å². The first-order chi connectivity index (χ1) is 12.2. The van der Waals surface area contributed by atoms with Gasteiger partial charge in [0.25, 0.3) is 0 Å². The number of H-pyrrole nitrogens is 1. The molecule has 0 unspecified atom stereocenters. The maximum Gasteiger partial charge on any atom is 0.242 e. The van der Waals surface area contributed by atoms with Crippen molar-refractivity contribution in [1.29, 1.82) is 0 Å². The van der Waals surface area contributed by atoms with Crippen molar-refractivity contribution in [3.8, 4) is 0 Å². The number of nitrogens with one attached hydrogen (secondary N) is 4. The lowest BCUT2D eigenvalue weighted by Gasteiger charge is -2.11. The molecule has 4 N–H and O–H groups in total. The van der Waals surface area contributed by atoms with Gasteiger partial charge in [-0.1, -0.05) is 0 Å². The van der Waals surface area contributed by atoms with E-state index in [1.807, 2.05) is 13.1 Å². The first-order valence-electron chi connectivity index (χ1n) is 8.72. The standard InChI is InChI=1S/C18H24FN5O/c1-2-20-18(23-11-17(25)24-14-4-5-14)21-8-7-12-10-22-16-9-13(19)3-6-15(12)16/h3,6,9-10,14,22H,2,4-5,7-8,11H2,1H3,(H,24,25)(H2,20,21,23). The Balaban J connectivity index is 1.52. The van der Waals surface area contributed by atoms with Gasteiger partial charge in [-0.05, 0) is 49.9 Å². The van der Waals surface area contributed by atoms with Gasteiger partial charge >= 0.3 is 0 Å². The normalized spacial score (nSPS) is 14.6. The van der Waals surface area contributed by atoms with E-state index in [0.29, 0.717) is 18.5 Å². The van der Waals surface area contributed by atoms with Crippen LogP contribution in [0, 0.1) is 5.82 Å². The zero-order valence-electron chi connectivity index (χ0n) is 14.4. The van der Waals surface area contributed by atoms with Gasteiger partial charge in [-0.3, -0.25) is 4.79 Å². The molecule has 0 aliphatic heterocycles. The molecule has 1 amide bonds. The van der Waals surface area contributed by atoms with Crippen molar-refractivity contribution in [2.75, 3.05) is 19.6 Å². The number of carbonyl (C=O) groups excluding carboxylic acids is 1. The molecule has 1 aromatic heterocycles. The van der Waals surface area contributed by atoms with Gasteiger partial charge < -0.3 is 20.9 Å². The Morgan fingerprint density at radius 3 is 2.96 bits per heavy atom. The Morgan fingerprint density at radius 1 is 1.36 bits per heavy atom. The highest BCUT2D eigenvalue weighted by molar-refractivity contribution is 5.85. The number of nitrogens with zero attached hydrogens (tertiary/aromatic N) is 1. The van der Waals surface area contributed by atoms with Crippen LogP contribution in [0.4, 0.5) is 4.39 Å². The third-order valence-corrected chi connectivity index (χ3v) is 4.08. The smallest absolute Gasteiger partial charge is 0.242 e. The van der Waals surface area contributed by atoms with E-state index >= 15 is 0 Å². The second kappa shape index (κ2) is 8.00. The molecule has 7 heteroatoms. The SMILES string of the molecule is CCNC(=NCC(=O)NC1CC1)NCCc1c[nH]c2cc(F)ccc12. The largest absolute Gasteiger partial charge is 0.361 e. The third kappa shape index (κ3) is 4.95. The Hall–Kier alpha value is -2.57. The lowest BCUT2D eigenvalue weighted by Crippen LogP contribution is -2.39. The average Bonchev–Trinajstić information content (AvgIpc) is 3.31. The summed E-state index contributed by atoms with van der Waals surface area (Å²) in [6.07, 6.45) is 4.81. The predicted molar refractivity (Wildman–Crippen MR) is 97.1 cm³/mol. The zero-order chi connectivity index (χ0) is 17.6. The summed E-state index contributed by atoms with van der Waals surface area (Å²) in [5, 5.41) is 10.3. The van der Waals surface area contributed by atoms with Crippen LogP contribution >= 0.6 is 0 Å². The first kappa shape index (κ1) is 17.3. The Morgan fingerprint density at radius 2 is 2.20 bits per heavy atom. The number of benzene rings is 1. The monoisotopic (exact) mass is 345 g/mol. The number of carbonyl (C=O) groups is 1. The third-order valence-electron chi connectivity index (χ3n) is 4.08. The van der Waals surface area contributed by atoms with Gasteiger partial charge in [-0.2, -0.15) is 0 Å². The highest BCUT2D eigenvalue weighted by Gasteiger charge is 2.22. The molecule has 1 heterocycles. The van der Waals surface area contributed by atoms with E-state index in [9.17, 15) is 9.18 Å². The Bertz CT molecular complexity index is 766. The molecule has 2 aromatic rings. The van der Waals surface area contributed by atoms with Gasteiger partial charge in [0.2, 0.25) is 5.91 Å². The molecule has 134 valence electrons. The van der Waals surface area contributed by atoms with Crippen molar-refractivity contribution in [1.82, 2.24) is 20.9 Å². The molecule has 1 saturated carbocycles. The maximum atomic E-state index is 13.2. The minimum Gasteiger partial charge on any atom is -0.361 e. The molecule has 1 aliphatic carbocycles. The van der Waals surface area contributed by atoms with Crippen LogP contribution in [0.2, 0.25) is 0 Å². The average molecular weight is 345 g/mol. The molecule has 1 aliphatic rings. The first-order valence-corrected chi connectivity index (χ1v) is 8.72. The fourth-order valence-corrected chi connectivity index (χ4v) is 2.67. The lowest BCUT2D eigenvalue weighted by molar-refractivity contribution is -0.119. The van der Waals surface area contributed by atoms with Crippen molar-refractivity contribution in [3.05, 3.63) is 35.8 Å². The van der Waals surface area contributed by atoms with E-state index in [2.05, 4.69) is 25.9 Å². The van der Waals surface area contributed by atoms with Gasteiger partial charge in [-0.25, -0.2) is 9.38 Å². The van der Waals surface area contributed by atoms with E-state index in [1.165, 1.54) is 12.1 Å². The molecular weight excluding hydrogens is 321 g/mol. The van der Waals surface area contributed by atoms with Crippen LogP contribution in [0.3, 0.4) is 0 Å². The molecule has 0 bridgehead atoms. The van der Waals surface area contributed by atoms with Crippen molar-refractivity contribution >= 4 is 22.8 Å². The summed E-state index contributed by atoms with van der Waals surface area (Å²) < 4.78 is 13.2. The summed E-state index contributed by atoms with van der Waals surface area (Å²) in [6, 6.07) is 5.11. The van der Waals surface area contributed by atoms with Crippen LogP contribution in [-0.2, 0) is 11.2 Å². The summed E-state index contributed by atoms with van der Waals surface area (Å²) in [6.45, 7) is 3.50. The number of halogens is 1. The molecule has 0 atom stereocenters. The van der Waals surface area contributed by atoms with E-state index in [1.54, 1.807) is 6.07 Å². The second-order valence-corrected chi connectivity index (χ2v) is 6.22. The molecule has 6 nitrogen and oxygen atoms in total. The van der Waals surface area contributed by atoms with Crippen LogP contribution < -0.4 is 16.0 Å². The Kier molecular flexibility index (Phi) is 5.53. The summed E-state index contributed by atoms with van der Waals surface area (Å²) in [5.41, 5.74) is 1.91. The number of hydrogen-bond donors (Lipinski definition) is 4. The number of guanidine groups is 1. The number of hydrogen-bond acceptors (Lipinski definition) is 2. The maximum absolute atomic E-state index is 13.2. The number of amides is 1. The molecule has 1 fully saturated rings. The van der Waals surface area contributed by atoms with Gasteiger partial charge in [0.05, 0.1) is 0 Å². The van der Waals surface area contributed by atoms with Crippen molar-refractivity contribution in [2.45, 2.75) is 32.2 Å².